The molecule has 0 spiro atoms. The zero-order valence-electron chi connectivity index (χ0n) is 8.69. The number of hydroxylamine groups is 4. The second-order valence-electron chi connectivity index (χ2n) is 3.24. The average molecular weight is 204 g/mol. The van der Waals surface area contributed by atoms with E-state index in [1.165, 1.54) is 6.92 Å². The van der Waals surface area contributed by atoms with Gasteiger partial charge in [-0.15, -0.1) is 0 Å². The molecule has 0 amide bonds. The van der Waals surface area contributed by atoms with Crippen LogP contribution in [0.1, 0.15) is 20.3 Å². The van der Waals surface area contributed by atoms with E-state index in [-0.39, 0.29) is 19.7 Å². The van der Waals surface area contributed by atoms with Gasteiger partial charge in [0.05, 0.1) is 0 Å². The lowest BCUT2D eigenvalue weighted by molar-refractivity contribution is -1.24. The molecule has 0 unspecified atom stereocenters. The highest BCUT2D eigenvalue weighted by molar-refractivity contribution is 5.86. The number of hydrogen-bond acceptors (Lipinski definition) is 4. The van der Waals surface area contributed by atoms with Crippen molar-refractivity contribution in [1.29, 1.82) is 0 Å². The third-order valence-electron chi connectivity index (χ3n) is 1.61. The Morgan fingerprint density at radius 3 is 2.43 bits per heavy atom. The van der Waals surface area contributed by atoms with Crippen LogP contribution in [0.15, 0.2) is 12.2 Å². The van der Waals surface area contributed by atoms with Gasteiger partial charge in [0, 0.05) is 5.57 Å². The zero-order valence-corrected chi connectivity index (χ0v) is 8.69. The molecule has 0 aromatic carbocycles. The summed E-state index contributed by atoms with van der Waals surface area (Å²) < 4.78 is 4.71. The summed E-state index contributed by atoms with van der Waals surface area (Å²) in [6.07, 6.45) is 0.640. The molecule has 0 atom stereocenters. The van der Waals surface area contributed by atoms with E-state index in [4.69, 9.17) is 4.74 Å². The topological polar surface area (TPSA) is 66.8 Å². The Morgan fingerprint density at radius 1 is 1.43 bits per heavy atom. The minimum atomic E-state index is -1.11. The van der Waals surface area contributed by atoms with Crippen molar-refractivity contribution >= 4 is 5.97 Å². The zero-order chi connectivity index (χ0) is 11.2. The van der Waals surface area contributed by atoms with Gasteiger partial charge in [0.25, 0.3) is 0 Å². The van der Waals surface area contributed by atoms with Crippen LogP contribution in [0.5, 0.6) is 0 Å². The van der Waals surface area contributed by atoms with Crippen LogP contribution >= 0.6 is 0 Å². The summed E-state index contributed by atoms with van der Waals surface area (Å²) in [5.41, 5.74) is 0.300. The Morgan fingerprint density at radius 2 is 2.00 bits per heavy atom. The molecule has 0 bridgehead atoms. The Labute approximate surface area is 83.7 Å². The number of hydrogen-bond donors (Lipinski definition) is 2. The quantitative estimate of drug-likeness (QED) is 0.294. The molecule has 0 saturated carbocycles. The SMILES string of the molecule is C=C(C)C(=O)OCC[N+](O)(O)CCC. The fourth-order valence-corrected chi connectivity index (χ4v) is 0.878. The molecule has 2 N–H and O–H groups in total. The van der Waals surface area contributed by atoms with Crippen molar-refractivity contribution in [3.8, 4) is 0 Å². The predicted molar refractivity (Wildman–Crippen MR) is 49.6 cm³/mol. The molecule has 0 heterocycles. The lowest BCUT2D eigenvalue weighted by atomic mass is 10.4. The van der Waals surface area contributed by atoms with Crippen LogP contribution in [0.3, 0.4) is 0 Å². The van der Waals surface area contributed by atoms with Gasteiger partial charge in [-0.3, -0.25) is 0 Å². The van der Waals surface area contributed by atoms with Gasteiger partial charge in [0.15, 0.2) is 6.54 Å². The maximum absolute atomic E-state index is 10.9. The second kappa shape index (κ2) is 5.74. The molecule has 0 aliphatic rings. The molecule has 0 aromatic rings. The fourth-order valence-electron chi connectivity index (χ4n) is 0.878. The largest absolute Gasteiger partial charge is 0.456 e. The fraction of sp³-hybridized carbons (Fsp3) is 0.667. The number of carbonyl (C=O) groups excluding carboxylic acids is 1. The van der Waals surface area contributed by atoms with E-state index in [1.807, 2.05) is 6.92 Å². The molecule has 14 heavy (non-hydrogen) atoms. The first-order valence-electron chi connectivity index (χ1n) is 4.54. The van der Waals surface area contributed by atoms with Gasteiger partial charge >= 0.3 is 5.97 Å². The lowest BCUT2D eigenvalue weighted by Crippen LogP contribution is -2.44. The highest BCUT2D eigenvalue weighted by Crippen LogP contribution is 1.99. The van der Waals surface area contributed by atoms with Gasteiger partial charge in [0.1, 0.15) is 13.2 Å². The van der Waals surface area contributed by atoms with Crippen LogP contribution in [0.25, 0.3) is 0 Å². The average Bonchev–Trinajstić information content (AvgIpc) is 2.03. The Bertz CT molecular complexity index is 213. The molecule has 0 aliphatic heterocycles. The maximum atomic E-state index is 10.9. The van der Waals surface area contributed by atoms with Crippen molar-refractivity contribution in [3.63, 3.8) is 0 Å². The number of esters is 1. The van der Waals surface area contributed by atoms with E-state index < -0.39 is 10.8 Å². The van der Waals surface area contributed by atoms with Gasteiger partial charge in [-0.05, 0) is 18.2 Å². The highest BCUT2D eigenvalue weighted by Gasteiger charge is 2.21. The van der Waals surface area contributed by atoms with E-state index in [0.717, 1.165) is 0 Å². The number of quaternary nitrogens is 1. The summed E-state index contributed by atoms with van der Waals surface area (Å²) in [6.45, 7) is 6.92. The summed E-state index contributed by atoms with van der Waals surface area (Å²) in [7, 11) is 0. The highest BCUT2D eigenvalue weighted by atomic mass is 16.8. The van der Waals surface area contributed by atoms with Crippen molar-refractivity contribution in [2.75, 3.05) is 19.7 Å². The molecule has 5 nitrogen and oxygen atoms in total. The second-order valence-corrected chi connectivity index (χ2v) is 3.24. The smallest absolute Gasteiger partial charge is 0.333 e. The Kier molecular flexibility index (Phi) is 5.37. The Hall–Kier alpha value is -0.910. The molecule has 0 aromatic heterocycles. The van der Waals surface area contributed by atoms with E-state index >= 15 is 0 Å². The minimum absolute atomic E-state index is 0.0291. The standard InChI is InChI=1S/C9H18NO4/c1-4-5-10(12,13)6-7-14-9(11)8(2)3/h12-13H,2,4-7H2,1,3H3/q+1. The molecular weight excluding hydrogens is 186 g/mol. The minimum Gasteiger partial charge on any atom is -0.456 e. The summed E-state index contributed by atoms with van der Waals surface area (Å²) in [4.78, 5) is 9.78. The first kappa shape index (κ1) is 13.1. The monoisotopic (exact) mass is 204 g/mol. The van der Waals surface area contributed by atoms with Crippen LogP contribution in [0, 0.1) is 0 Å². The van der Waals surface area contributed by atoms with Crippen molar-refractivity contribution in [3.05, 3.63) is 12.2 Å². The molecule has 0 rings (SSSR count). The van der Waals surface area contributed by atoms with Crippen LogP contribution < -0.4 is 0 Å². The normalized spacial score (nSPS) is 11.1. The first-order chi connectivity index (χ1) is 6.39. The van der Waals surface area contributed by atoms with Crippen molar-refractivity contribution in [1.82, 2.24) is 0 Å². The molecule has 0 radical (unpaired) electrons. The van der Waals surface area contributed by atoms with Gasteiger partial charge in [-0.1, -0.05) is 13.5 Å². The predicted octanol–water partition coefficient (Wildman–Crippen LogP) is 1.11. The Balaban J connectivity index is 3.73. The van der Waals surface area contributed by atoms with E-state index in [2.05, 4.69) is 6.58 Å². The van der Waals surface area contributed by atoms with Crippen LogP contribution in [0.2, 0.25) is 0 Å². The van der Waals surface area contributed by atoms with E-state index in [1.54, 1.807) is 0 Å². The van der Waals surface area contributed by atoms with E-state index in [0.29, 0.717) is 12.0 Å². The molecule has 0 saturated heterocycles. The first-order valence-corrected chi connectivity index (χ1v) is 4.54. The van der Waals surface area contributed by atoms with Crippen LogP contribution in [0.4, 0.5) is 0 Å². The summed E-state index contributed by atoms with van der Waals surface area (Å²) in [6, 6.07) is 0. The number of rotatable bonds is 6. The van der Waals surface area contributed by atoms with Crippen molar-refractivity contribution in [2.24, 2.45) is 0 Å². The molecule has 5 heteroatoms. The van der Waals surface area contributed by atoms with Crippen LogP contribution in [-0.4, -0.2) is 40.9 Å². The number of carbonyl (C=O) groups is 1. The van der Waals surface area contributed by atoms with Gasteiger partial charge in [0.2, 0.25) is 0 Å². The molecule has 82 valence electrons. The summed E-state index contributed by atoms with van der Waals surface area (Å²) in [5, 5.41) is 18.5. The van der Waals surface area contributed by atoms with Crippen LogP contribution in [-0.2, 0) is 9.53 Å². The number of nitrogens with zero attached hydrogens (tertiary/aromatic N) is 1. The van der Waals surface area contributed by atoms with E-state index in [9.17, 15) is 15.2 Å². The molecular formula is C9H18NO4+. The lowest BCUT2D eigenvalue weighted by Gasteiger charge is -2.20. The van der Waals surface area contributed by atoms with Gasteiger partial charge < -0.3 is 4.74 Å². The summed E-state index contributed by atoms with van der Waals surface area (Å²) >= 11 is 0. The maximum Gasteiger partial charge on any atom is 0.333 e. The molecule has 0 aliphatic carbocycles. The third-order valence-corrected chi connectivity index (χ3v) is 1.61. The summed E-state index contributed by atoms with van der Waals surface area (Å²) in [5.74, 6) is -0.513. The van der Waals surface area contributed by atoms with Gasteiger partial charge in [-0.25, -0.2) is 4.79 Å². The third kappa shape index (κ3) is 5.69. The molecule has 0 fully saturated rings. The number of ether oxygens (including phenoxy) is 1. The van der Waals surface area contributed by atoms with Crippen molar-refractivity contribution < 1.29 is 24.8 Å². The van der Waals surface area contributed by atoms with Gasteiger partial charge in [-0.2, -0.15) is 10.4 Å². The van der Waals surface area contributed by atoms with Crippen molar-refractivity contribution in [2.45, 2.75) is 20.3 Å².